The summed E-state index contributed by atoms with van der Waals surface area (Å²) < 4.78 is 6.69. The van der Waals surface area contributed by atoms with Crippen LogP contribution < -0.4 is 10.1 Å². The maximum absolute atomic E-state index is 14.0. The Morgan fingerprint density at radius 1 is 1.07 bits per heavy atom. The zero-order valence-corrected chi connectivity index (χ0v) is 21.7. The minimum Gasteiger partial charge on any atom is -0.497 e. The van der Waals surface area contributed by atoms with Crippen molar-refractivity contribution in [3.05, 3.63) is 111 Å². The molecule has 2 atom stereocenters. The van der Waals surface area contributed by atoms with Gasteiger partial charge in [0.25, 0.3) is 5.69 Å². The molecule has 3 aromatic carbocycles. The van der Waals surface area contributed by atoms with Crippen LogP contribution in [-0.4, -0.2) is 55.5 Å². The summed E-state index contributed by atoms with van der Waals surface area (Å²) >= 11 is 0. The molecule has 0 aliphatic carbocycles. The van der Waals surface area contributed by atoms with Crippen molar-refractivity contribution >= 4 is 17.5 Å². The second-order valence-electron chi connectivity index (χ2n) is 9.35. The molecular weight excluding hydrogens is 514 g/mol. The number of aromatic nitrogens is 4. The Kier molecular flexibility index (Phi) is 7.76. The van der Waals surface area contributed by atoms with Crippen LogP contribution in [0.25, 0.3) is 0 Å². The number of carbonyl (C=O) groups excluding carboxylic acids is 2. The fourth-order valence-electron chi connectivity index (χ4n) is 4.78. The highest BCUT2D eigenvalue weighted by molar-refractivity contribution is 5.90. The first kappa shape index (κ1) is 26.5. The van der Waals surface area contributed by atoms with Gasteiger partial charge in [0, 0.05) is 25.1 Å². The molecule has 0 spiro atoms. The van der Waals surface area contributed by atoms with Crippen molar-refractivity contribution in [1.29, 1.82) is 0 Å². The molecule has 1 N–H and O–H groups in total. The Balaban J connectivity index is 1.42. The van der Waals surface area contributed by atoms with Crippen LogP contribution in [0.2, 0.25) is 0 Å². The van der Waals surface area contributed by atoms with E-state index in [2.05, 4.69) is 20.8 Å². The van der Waals surface area contributed by atoms with E-state index in [1.807, 2.05) is 54.6 Å². The number of tetrazole rings is 1. The quantitative estimate of drug-likeness (QED) is 0.238. The van der Waals surface area contributed by atoms with Crippen LogP contribution in [-0.2, 0) is 29.0 Å². The van der Waals surface area contributed by atoms with Gasteiger partial charge in [0.05, 0.1) is 18.6 Å². The van der Waals surface area contributed by atoms with E-state index in [0.717, 1.165) is 16.9 Å². The van der Waals surface area contributed by atoms with Gasteiger partial charge in [0.1, 0.15) is 17.8 Å². The monoisotopic (exact) mass is 541 g/mol. The second kappa shape index (κ2) is 11.7. The van der Waals surface area contributed by atoms with Crippen molar-refractivity contribution in [2.45, 2.75) is 31.5 Å². The van der Waals surface area contributed by atoms with Crippen LogP contribution in [0.1, 0.15) is 34.6 Å². The summed E-state index contributed by atoms with van der Waals surface area (Å²) in [5, 5.41) is 26.1. The predicted molar refractivity (Wildman–Crippen MR) is 143 cm³/mol. The molecule has 204 valence electrons. The lowest BCUT2D eigenvalue weighted by molar-refractivity contribution is -0.384. The molecule has 2 heterocycles. The van der Waals surface area contributed by atoms with Crippen LogP contribution in [0.5, 0.6) is 5.75 Å². The number of amides is 2. The van der Waals surface area contributed by atoms with E-state index in [9.17, 15) is 19.7 Å². The van der Waals surface area contributed by atoms with E-state index in [1.165, 1.54) is 33.8 Å². The SMILES string of the molecule is COc1ccc(CCNC(=O)C(c2ccc([N+](=O)[O-])cc2)N2Cc3nnnn3C(Cc3ccccc3)C2=O)cc1. The van der Waals surface area contributed by atoms with Gasteiger partial charge in [0.15, 0.2) is 5.82 Å². The number of nitrogens with zero attached hydrogens (tertiary/aromatic N) is 6. The Morgan fingerprint density at radius 2 is 1.80 bits per heavy atom. The van der Waals surface area contributed by atoms with Crippen molar-refractivity contribution in [3.63, 3.8) is 0 Å². The van der Waals surface area contributed by atoms with Gasteiger partial charge in [-0.15, -0.1) is 5.10 Å². The Morgan fingerprint density at radius 3 is 2.48 bits per heavy atom. The molecule has 5 rings (SSSR count). The smallest absolute Gasteiger partial charge is 0.269 e. The summed E-state index contributed by atoms with van der Waals surface area (Å²) in [5.41, 5.74) is 2.25. The van der Waals surface area contributed by atoms with Crippen molar-refractivity contribution in [3.8, 4) is 5.75 Å². The third-order valence-electron chi connectivity index (χ3n) is 6.86. The molecule has 2 unspecified atom stereocenters. The number of hydrogen-bond acceptors (Lipinski definition) is 8. The van der Waals surface area contributed by atoms with E-state index in [-0.39, 0.29) is 18.1 Å². The van der Waals surface area contributed by atoms with Crippen LogP contribution in [0.3, 0.4) is 0 Å². The minimum atomic E-state index is -1.05. The van der Waals surface area contributed by atoms with Gasteiger partial charge >= 0.3 is 0 Å². The predicted octanol–water partition coefficient (Wildman–Crippen LogP) is 2.82. The third-order valence-corrected chi connectivity index (χ3v) is 6.86. The maximum Gasteiger partial charge on any atom is 0.269 e. The average molecular weight is 542 g/mol. The number of fused-ring (bicyclic) bond motifs is 1. The normalized spacial score (nSPS) is 15.3. The highest BCUT2D eigenvalue weighted by Gasteiger charge is 2.41. The molecule has 40 heavy (non-hydrogen) atoms. The molecule has 0 saturated carbocycles. The number of methoxy groups -OCH3 is 1. The van der Waals surface area contributed by atoms with Crippen molar-refractivity contribution in [1.82, 2.24) is 30.4 Å². The van der Waals surface area contributed by atoms with Crippen LogP contribution in [0, 0.1) is 10.1 Å². The Hall–Kier alpha value is -5.13. The average Bonchev–Trinajstić information content (AvgIpc) is 3.45. The number of ether oxygens (including phenoxy) is 1. The van der Waals surface area contributed by atoms with Gasteiger partial charge in [-0.2, -0.15) is 0 Å². The van der Waals surface area contributed by atoms with Crippen LogP contribution in [0.15, 0.2) is 78.9 Å². The number of nitro benzene ring substituents is 1. The van der Waals surface area contributed by atoms with E-state index < -0.39 is 22.9 Å². The summed E-state index contributed by atoms with van der Waals surface area (Å²) in [6.45, 7) is 0.326. The Labute approximate surface area is 229 Å². The molecule has 0 fully saturated rings. The second-order valence-corrected chi connectivity index (χ2v) is 9.35. The molecular formula is C28H27N7O5. The molecule has 1 aliphatic rings. The summed E-state index contributed by atoms with van der Waals surface area (Å²) in [4.78, 5) is 39.8. The summed E-state index contributed by atoms with van der Waals surface area (Å²) in [6.07, 6.45) is 0.895. The fraction of sp³-hybridized carbons (Fsp3) is 0.250. The van der Waals surface area contributed by atoms with Crippen molar-refractivity contribution in [2.24, 2.45) is 0 Å². The molecule has 0 radical (unpaired) electrons. The highest BCUT2D eigenvalue weighted by Crippen LogP contribution is 2.32. The molecule has 4 aromatic rings. The van der Waals surface area contributed by atoms with Crippen molar-refractivity contribution < 1.29 is 19.2 Å². The third kappa shape index (κ3) is 5.65. The molecule has 0 bridgehead atoms. The zero-order valence-electron chi connectivity index (χ0n) is 21.7. The minimum absolute atomic E-state index is 0.00464. The van der Waals surface area contributed by atoms with E-state index in [1.54, 1.807) is 7.11 Å². The Bertz CT molecular complexity index is 1490. The van der Waals surface area contributed by atoms with E-state index in [0.29, 0.717) is 30.8 Å². The maximum atomic E-state index is 14.0. The largest absolute Gasteiger partial charge is 0.497 e. The summed E-state index contributed by atoms with van der Waals surface area (Å²) in [7, 11) is 1.60. The fourth-order valence-corrected chi connectivity index (χ4v) is 4.78. The molecule has 1 aromatic heterocycles. The van der Waals surface area contributed by atoms with Crippen molar-refractivity contribution in [2.75, 3.05) is 13.7 Å². The standard InChI is InChI=1S/C28H27N7O5/c1-40-23-13-7-19(8-14-23)15-16-29-27(36)26(21-9-11-22(12-10-21)35(38)39)33-18-25-30-31-32-34(25)24(28(33)37)17-20-5-3-2-4-6-20/h2-14,24,26H,15-18H2,1H3,(H,29,36). The number of carbonyl (C=O) groups is 2. The van der Waals surface area contributed by atoms with Gasteiger partial charge in [-0.05, 0) is 57.8 Å². The lowest BCUT2D eigenvalue weighted by Crippen LogP contribution is -2.50. The van der Waals surface area contributed by atoms with Gasteiger partial charge < -0.3 is 15.0 Å². The summed E-state index contributed by atoms with van der Waals surface area (Å²) in [6, 6.07) is 20.9. The van der Waals surface area contributed by atoms with Gasteiger partial charge in [0.2, 0.25) is 11.8 Å². The number of rotatable bonds is 10. The molecule has 2 amide bonds. The molecule has 12 nitrogen and oxygen atoms in total. The van der Waals surface area contributed by atoms with Gasteiger partial charge in [-0.25, -0.2) is 4.68 Å². The van der Waals surface area contributed by atoms with E-state index in [4.69, 9.17) is 4.74 Å². The van der Waals surface area contributed by atoms with Gasteiger partial charge in [-0.1, -0.05) is 42.5 Å². The molecule has 0 saturated heterocycles. The number of nitro groups is 1. The lowest BCUT2D eigenvalue weighted by Gasteiger charge is -2.37. The summed E-state index contributed by atoms with van der Waals surface area (Å²) in [5.74, 6) is 0.452. The first-order valence-corrected chi connectivity index (χ1v) is 12.7. The number of benzene rings is 3. The lowest BCUT2D eigenvalue weighted by atomic mass is 9.98. The first-order valence-electron chi connectivity index (χ1n) is 12.7. The topological polar surface area (TPSA) is 145 Å². The van der Waals surface area contributed by atoms with Crippen LogP contribution in [0.4, 0.5) is 5.69 Å². The number of non-ortho nitro benzene ring substituents is 1. The van der Waals surface area contributed by atoms with Gasteiger partial charge in [-0.3, -0.25) is 19.7 Å². The van der Waals surface area contributed by atoms with E-state index >= 15 is 0 Å². The first-order chi connectivity index (χ1) is 19.4. The zero-order chi connectivity index (χ0) is 28.1. The number of hydrogen-bond donors (Lipinski definition) is 1. The highest BCUT2D eigenvalue weighted by atomic mass is 16.6. The van der Waals surface area contributed by atoms with Crippen LogP contribution >= 0.6 is 0 Å². The molecule has 1 aliphatic heterocycles. The molecule has 12 heteroatoms. The number of nitrogens with one attached hydrogen (secondary N) is 1.